The van der Waals surface area contributed by atoms with Crippen molar-refractivity contribution in [3.63, 3.8) is 0 Å². The van der Waals surface area contributed by atoms with Gasteiger partial charge in [-0.2, -0.15) is 0 Å². The Kier molecular flexibility index (Phi) is 1.24. The lowest BCUT2D eigenvalue weighted by atomic mass is 9.83. The highest BCUT2D eigenvalue weighted by Gasteiger charge is 2.31. The van der Waals surface area contributed by atoms with Crippen LogP contribution in [0.2, 0.25) is 0 Å². The van der Waals surface area contributed by atoms with Crippen molar-refractivity contribution in [1.29, 1.82) is 0 Å². The first kappa shape index (κ1) is 5.69. The average Bonchev–Trinajstić information content (AvgIpc) is 1.90. The molecule has 0 aromatic rings. The molecular formula is C7H14N2. The molecule has 9 heavy (non-hydrogen) atoms. The van der Waals surface area contributed by atoms with Crippen molar-refractivity contribution in [2.45, 2.75) is 19.5 Å². The van der Waals surface area contributed by atoms with Crippen molar-refractivity contribution >= 4 is 0 Å². The zero-order valence-corrected chi connectivity index (χ0v) is 5.85. The zero-order valence-electron chi connectivity index (χ0n) is 5.85. The Hall–Kier alpha value is -0.0800. The van der Waals surface area contributed by atoms with Gasteiger partial charge < -0.3 is 10.6 Å². The van der Waals surface area contributed by atoms with E-state index in [0.29, 0.717) is 6.17 Å². The van der Waals surface area contributed by atoms with E-state index in [1.165, 1.54) is 19.5 Å². The fourth-order valence-electron chi connectivity index (χ4n) is 1.86. The molecule has 0 saturated carbocycles. The lowest BCUT2D eigenvalue weighted by Crippen LogP contribution is -2.59. The van der Waals surface area contributed by atoms with E-state index < -0.39 is 0 Å². The van der Waals surface area contributed by atoms with Gasteiger partial charge in [-0.05, 0) is 18.3 Å². The third-order valence-electron chi connectivity index (χ3n) is 2.67. The van der Waals surface area contributed by atoms with Gasteiger partial charge in [0.05, 0.1) is 6.17 Å². The predicted octanol–water partition coefficient (Wildman–Crippen LogP) is 0.161. The van der Waals surface area contributed by atoms with E-state index in [9.17, 15) is 0 Å². The molecule has 3 heterocycles. The number of fused-ring (bicyclic) bond motifs is 3. The molecule has 0 aromatic heterocycles. The lowest BCUT2D eigenvalue weighted by molar-refractivity contribution is 0.136. The molecule has 0 radical (unpaired) electrons. The van der Waals surface area contributed by atoms with Gasteiger partial charge in [0, 0.05) is 13.1 Å². The van der Waals surface area contributed by atoms with Crippen LogP contribution in [0.1, 0.15) is 13.3 Å². The molecule has 0 aliphatic carbocycles. The molecule has 3 aliphatic rings. The smallest absolute Gasteiger partial charge is 0.0574 e. The molecule has 52 valence electrons. The monoisotopic (exact) mass is 126 g/mol. The first-order valence-electron chi connectivity index (χ1n) is 3.83. The van der Waals surface area contributed by atoms with Gasteiger partial charge in [0.1, 0.15) is 0 Å². The first-order valence-corrected chi connectivity index (χ1v) is 3.83. The number of hydrogen-bond acceptors (Lipinski definition) is 2. The lowest BCUT2D eigenvalue weighted by Gasteiger charge is -2.42. The van der Waals surface area contributed by atoms with Gasteiger partial charge >= 0.3 is 0 Å². The molecule has 2 heteroatoms. The molecule has 0 spiro atoms. The summed E-state index contributed by atoms with van der Waals surface area (Å²) in [4.78, 5) is 0. The van der Waals surface area contributed by atoms with Crippen molar-refractivity contribution < 1.29 is 0 Å². The molecule has 0 amide bonds. The van der Waals surface area contributed by atoms with Gasteiger partial charge in [-0.1, -0.05) is 6.92 Å². The van der Waals surface area contributed by atoms with Gasteiger partial charge in [-0.15, -0.1) is 0 Å². The van der Waals surface area contributed by atoms with Crippen LogP contribution in [0.4, 0.5) is 0 Å². The summed E-state index contributed by atoms with van der Waals surface area (Å²) < 4.78 is 0. The largest absolute Gasteiger partial charge is 0.302 e. The topological polar surface area (TPSA) is 24.1 Å². The molecule has 3 fully saturated rings. The van der Waals surface area contributed by atoms with Gasteiger partial charge in [0.25, 0.3) is 0 Å². The normalized spacial score (nSPS) is 49.7. The summed E-state index contributed by atoms with van der Waals surface area (Å²) >= 11 is 0. The summed E-state index contributed by atoms with van der Waals surface area (Å²) in [5, 5.41) is 6.88. The Labute approximate surface area is 56.0 Å². The van der Waals surface area contributed by atoms with Crippen LogP contribution in [0.3, 0.4) is 0 Å². The molecule has 3 saturated heterocycles. The maximum absolute atomic E-state index is 3.44. The minimum atomic E-state index is 0.630. The Morgan fingerprint density at radius 1 is 1.22 bits per heavy atom. The number of rotatable bonds is 0. The Bertz CT molecular complexity index is 105. The number of hydrogen-bond donors (Lipinski definition) is 2. The van der Waals surface area contributed by atoms with E-state index >= 15 is 0 Å². The Balaban J connectivity index is 2.06. The summed E-state index contributed by atoms with van der Waals surface area (Å²) in [7, 11) is 0. The van der Waals surface area contributed by atoms with Crippen LogP contribution in [0.15, 0.2) is 0 Å². The highest BCUT2D eigenvalue weighted by molar-refractivity contribution is 4.88. The zero-order chi connectivity index (χ0) is 6.27. The van der Waals surface area contributed by atoms with Crippen LogP contribution in [0, 0.1) is 11.8 Å². The van der Waals surface area contributed by atoms with E-state index in [0.717, 1.165) is 11.8 Å². The third-order valence-corrected chi connectivity index (χ3v) is 2.67. The summed E-state index contributed by atoms with van der Waals surface area (Å²) in [6.07, 6.45) is 1.95. The average molecular weight is 126 g/mol. The molecule has 1 atom stereocenters. The van der Waals surface area contributed by atoms with E-state index in [1.54, 1.807) is 0 Å². The molecule has 2 nitrogen and oxygen atoms in total. The maximum Gasteiger partial charge on any atom is 0.0574 e. The van der Waals surface area contributed by atoms with Crippen molar-refractivity contribution in [3.8, 4) is 0 Å². The minimum absolute atomic E-state index is 0.630. The summed E-state index contributed by atoms with van der Waals surface area (Å²) in [5.41, 5.74) is 0. The van der Waals surface area contributed by atoms with Gasteiger partial charge in [-0.25, -0.2) is 0 Å². The first-order chi connectivity index (χ1) is 4.36. The minimum Gasteiger partial charge on any atom is -0.302 e. The summed E-state index contributed by atoms with van der Waals surface area (Å²) in [6.45, 7) is 4.83. The quantitative estimate of drug-likeness (QED) is 0.483. The van der Waals surface area contributed by atoms with Gasteiger partial charge in [0.2, 0.25) is 0 Å². The highest BCUT2D eigenvalue weighted by atomic mass is 15.2. The Morgan fingerprint density at radius 3 is 2.11 bits per heavy atom. The standard InChI is InChI=1S/C7H14N2/c1-5-2-7-8-3-6(5)4-9-7/h5-9H,2-4H2,1H3/t5-,6?,7?/m0/s1. The van der Waals surface area contributed by atoms with Crippen LogP contribution >= 0.6 is 0 Å². The SMILES string of the molecule is C[C@H]1CC2NCC1CN2. The van der Waals surface area contributed by atoms with E-state index in [2.05, 4.69) is 17.6 Å². The highest BCUT2D eigenvalue weighted by Crippen LogP contribution is 2.24. The van der Waals surface area contributed by atoms with Crippen LogP contribution in [-0.4, -0.2) is 19.3 Å². The number of piperidine rings is 2. The van der Waals surface area contributed by atoms with Crippen LogP contribution in [0.5, 0.6) is 0 Å². The maximum atomic E-state index is 3.44. The number of nitrogens with one attached hydrogen (secondary N) is 2. The summed E-state index contributed by atoms with van der Waals surface area (Å²) in [6, 6.07) is 0. The van der Waals surface area contributed by atoms with Crippen LogP contribution in [-0.2, 0) is 0 Å². The molecular weight excluding hydrogens is 112 g/mol. The fourth-order valence-corrected chi connectivity index (χ4v) is 1.86. The van der Waals surface area contributed by atoms with Crippen molar-refractivity contribution in [2.24, 2.45) is 11.8 Å². The summed E-state index contributed by atoms with van der Waals surface area (Å²) in [5.74, 6) is 1.84. The van der Waals surface area contributed by atoms with Gasteiger partial charge in [-0.3, -0.25) is 0 Å². The van der Waals surface area contributed by atoms with Crippen LogP contribution < -0.4 is 10.6 Å². The predicted molar refractivity (Wildman–Crippen MR) is 37.1 cm³/mol. The third kappa shape index (κ3) is 0.864. The molecule has 2 bridgehead atoms. The molecule has 2 N–H and O–H groups in total. The second-order valence-corrected chi connectivity index (χ2v) is 3.34. The second-order valence-electron chi connectivity index (χ2n) is 3.34. The second kappa shape index (κ2) is 1.96. The molecule has 0 unspecified atom stereocenters. The van der Waals surface area contributed by atoms with Crippen molar-refractivity contribution in [3.05, 3.63) is 0 Å². The van der Waals surface area contributed by atoms with Gasteiger partial charge in [0.15, 0.2) is 0 Å². The van der Waals surface area contributed by atoms with E-state index in [4.69, 9.17) is 0 Å². The van der Waals surface area contributed by atoms with E-state index in [1.807, 2.05) is 0 Å². The van der Waals surface area contributed by atoms with Crippen molar-refractivity contribution in [2.75, 3.05) is 13.1 Å². The molecule has 0 aromatic carbocycles. The Morgan fingerprint density at radius 2 is 1.89 bits per heavy atom. The fraction of sp³-hybridized carbons (Fsp3) is 1.00. The molecule has 3 aliphatic heterocycles. The van der Waals surface area contributed by atoms with Crippen LogP contribution in [0.25, 0.3) is 0 Å². The molecule has 3 rings (SSSR count). The van der Waals surface area contributed by atoms with E-state index in [-0.39, 0.29) is 0 Å². The van der Waals surface area contributed by atoms with Crippen molar-refractivity contribution in [1.82, 2.24) is 10.6 Å².